The Kier molecular flexibility index (Phi) is 5.14. The number of sulfonamides is 1. The first-order valence-corrected chi connectivity index (χ1v) is 10.0. The van der Waals surface area contributed by atoms with Gasteiger partial charge >= 0.3 is 0 Å². The molecule has 7 nitrogen and oxygen atoms in total. The Morgan fingerprint density at radius 1 is 1.12 bits per heavy atom. The lowest BCUT2D eigenvalue weighted by atomic mass is 10.0. The number of benzene rings is 1. The van der Waals surface area contributed by atoms with E-state index >= 15 is 0 Å². The Labute approximate surface area is 154 Å². The van der Waals surface area contributed by atoms with Crippen LogP contribution in [-0.2, 0) is 10.0 Å². The van der Waals surface area contributed by atoms with Gasteiger partial charge in [0.1, 0.15) is 10.9 Å². The molecule has 1 atom stereocenters. The van der Waals surface area contributed by atoms with Crippen molar-refractivity contribution in [2.75, 3.05) is 26.2 Å². The van der Waals surface area contributed by atoms with E-state index in [0.717, 1.165) is 11.1 Å². The second-order valence-electron chi connectivity index (χ2n) is 6.65. The van der Waals surface area contributed by atoms with Crippen molar-refractivity contribution in [2.45, 2.75) is 31.7 Å². The van der Waals surface area contributed by atoms with Crippen LogP contribution in [0.1, 0.15) is 28.6 Å². The van der Waals surface area contributed by atoms with Crippen LogP contribution in [0, 0.1) is 32.1 Å². The molecule has 138 valence electrons. The minimum Gasteiger partial charge on any atom is -0.282 e. The highest BCUT2D eigenvalue weighted by molar-refractivity contribution is 7.89. The van der Waals surface area contributed by atoms with Gasteiger partial charge in [0.25, 0.3) is 0 Å². The van der Waals surface area contributed by atoms with Gasteiger partial charge < -0.3 is 0 Å². The van der Waals surface area contributed by atoms with E-state index in [2.05, 4.69) is 16.3 Å². The number of nitriles is 1. The van der Waals surface area contributed by atoms with Crippen LogP contribution in [0.4, 0.5) is 0 Å². The fourth-order valence-electron chi connectivity index (χ4n) is 3.37. The zero-order valence-electron chi connectivity index (χ0n) is 15.2. The maximum absolute atomic E-state index is 12.9. The second-order valence-corrected chi connectivity index (χ2v) is 8.52. The molecular weight excluding hydrogens is 350 g/mol. The van der Waals surface area contributed by atoms with Crippen molar-refractivity contribution in [1.29, 1.82) is 5.26 Å². The van der Waals surface area contributed by atoms with E-state index in [1.807, 2.05) is 36.1 Å². The predicted octanol–water partition coefficient (Wildman–Crippen LogP) is 1.91. The Bertz CT molecular complexity index is 900. The van der Waals surface area contributed by atoms with E-state index in [1.165, 1.54) is 4.31 Å². The van der Waals surface area contributed by atoms with Crippen molar-refractivity contribution >= 4 is 10.0 Å². The highest BCUT2D eigenvalue weighted by atomic mass is 32.2. The molecule has 1 aromatic carbocycles. The summed E-state index contributed by atoms with van der Waals surface area (Å²) in [6, 6.07) is 9.89. The Morgan fingerprint density at radius 3 is 2.23 bits per heavy atom. The van der Waals surface area contributed by atoms with Gasteiger partial charge in [-0.3, -0.25) is 10.00 Å². The summed E-state index contributed by atoms with van der Waals surface area (Å²) in [7, 11) is -3.58. The molecule has 1 aliphatic rings. The highest BCUT2D eigenvalue weighted by Crippen LogP contribution is 2.26. The number of aryl methyl sites for hydroxylation is 3. The maximum Gasteiger partial charge on any atom is 0.246 e. The van der Waals surface area contributed by atoms with Crippen molar-refractivity contribution in [3.8, 4) is 6.07 Å². The minimum atomic E-state index is -3.58. The third-order valence-corrected chi connectivity index (χ3v) is 6.97. The molecule has 1 fully saturated rings. The van der Waals surface area contributed by atoms with Crippen molar-refractivity contribution in [2.24, 2.45) is 0 Å². The van der Waals surface area contributed by atoms with E-state index in [9.17, 15) is 13.7 Å². The molecule has 0 aliphatic carbocycles. The Balaban J connectivity index is 1.74. The third-order valence-electron chi connectivity index (χ3n) is 4.81. The van der Waals surface area contributed by atoms with E-state index in [0.29, 0.717) is 37.6 Å². The molecule has 0 saturated carbocycles. The van der Waals surface area contributed by atoms with Crippen LogP contribution in [0.15, 0.2) is 29.2 Å². The summed E-state index contributed by atoms with van der Waals surface area (Å²) in [5.74, 6) is 0. The van der Waals surface area contributed by atoms with E-state index < -0.39 is 10.0 Å². The molecule has 8 heteroatoms. The first kappa shape index (κ1) is 18.6. The summed E-state index contributed by atoms with van der Waals surface area (Å²) in [6.07, 6.45) is 0. The van der Waals surface area contributed by atoms with Crippen LogP contribution < -0.4 is 0 Å². The molecule has 1 N–H and O–H groups in total. The fraction of sp³-hybridized carbons (Fsp3) is 0.444. The van der Waals surface area contributed by atoms with Gasteiger partial charge in [0.15, 0.2) is 0 Å². The van der Waals surface area contributed by atoms with E-state index in [1.54, 1.807) is 13.8 Å². The van der Waals surface area contributed by atoms with E-state index in [-0.39, 0.29) is 10.9 Å². The average Bonchev–Trinajstić information content (AvgIpc) is 2.97. The number of nitrogens with one attached hydrogen (secondary N) is 1. The number of hydrogen-bond acceptors (Lipinski definition) is 5. The van der Waals surface area contributed by atoms with Gasteiger partial charge in [-0.2, -0.15) is 14.7 Å². The standard InChI is InChI=1S/C18H23N5O2S/c1-13-4-6-16(7-5-13)17(12-19)22-8-10-23(11-9-22)26(24,25)18-14(2)20-21-15(18)3/h4-7,17H,8-11H2,1-3H3,(H,20,21). The van der Waals surface area contributed by atoms with Gasteiger partial charge in [-0.15, -0.1) is 0 Å². The molecule has 0 amide bonds. The van der Waals surface area contributed by atoms with Crippen LogP contribution in [0.5, 0.6) is 0 Å². The lowest BCUT2D eigenvalue weighted by molar-refractivity contribution is 0.162. The zero-order valence-corrected chi connectivity index (χ0v) is 16.0. The molecule has 0 radical (unpaired) electrons. The zero-order chi connectivity index (χ0) is 18.9. The monoisotopic (exact) mass is 373 g/mol. The second kappa shape index (κ2) is 7.19. The molecule has 3 rings (SSSR count). The van der Waals surface area contributed by atoms with Gasteiger partial charge in [0.05, 0.1) is 17.5 Å². The molecule has 0 spiro atoms. The fourth-order valence-corrected chi connectivity index (χ4v) is 5.12. The summed E-state index contributed by atoms with van der Waals surface area (Å²) in [5, 5.41) is 16.3. The normalized spacial score (nSPS) is 17.8. The van der Waals surface area contributed by atoms with Gasteiger partial charge in [0.2, 0.25) is 10.0 Å². The summed E-state index contributed by atoms with van der Waals surface area (Å²) in [4.78, 5) is 2.30. The highest BCUT2D eigenvalue weighted by Gasteiger charge is 2.34. The van der Waals surface area contributed by atoms with Crippen molar-refractivity contribution in [3.05, 3.63) is 46.8 Å². The maximum atomic E-state index is 12.9. The van der Waals surface area contributed by atoms with Crippen LogP contribution in [0.2, 0.25) is 0 Å². The molecule has 1 aliphatic heterocycles. The van der Waals surface area contributed by atoms with Gasteiger partial charge in [-0.25, -0.2) is 8.42 Å². The Morgan fingerprint density at radius 2 is 1.73 bits per heavy atom. The number of nitrogens with zero attached hydrogens (tertiary/aromatic N) is 4. The lowest BCUT2D eigenvalue weighted by Gasteiger charge is -2.36. The van der Waals surface area contributed by atoms with Crippen LogP contribution >= 0.6 is 0 Å². The van der Waals surface area contributed by atoms with Gasteiger partial charge in [-0.1, -0.05) is 29.8 Å². The van der Waals surface area contributed by atoms with Crippen molar-refractivity contribution in [1.82, 2.24) is 19.4 Å². The Hall–Kier alpha value is -2.21. The molecule has 1 saturated heterocycles. The third kappa shape index (κ3) is 3.38. The minimum absolute atomic E-state index is 0.265. The van der Waals surface area contributed by atoms with Crippen molar-refractivity contribution in [3.63, 3.8) is 0 Å². The summed E-state index contributed by atoms with van der Waals surface area (Å²) in [6.45, 7) is 7.16. The van der Waals surface area contributed by atoms with Crippen LogP contribution in [-0.4, -0.2) is 54.0 Å². The number of H-pyrrole nitrogens is 1. The SMILES string of the molecule is Cc1ccc(C(C#N)N2CCN(S(=O)(=O)c3c(C)n[nH]c3C)CC2)cc1. The predicted molar refractivity (Wildman–Crippen MR) is 97.9 cm³/mol. The first-order chi connectivity index (χ1) is 12.3. The molecular formula is C18H23N5O2S. The topological polar surface area (TPSA) is 93.1 Å². The van der Waals surface area contributed by atoms with E-state index in [4.69, 9.17) is 0 Å². The van der Waals surface area contributed by atoms with Crippen LogP contribution in [0.3, 0.4) is 0 Å². The van der Waals surface area contributed by atoms with Gasteiger partial charge in [-0.05, 0) is 26.3 Å². The number of rotatable bonds is 4. The summed E-state index contributed by atoms with van der Waals surface area (Å²) < 4.78 is 27.3. The van der Waals surface area contributed by atoms with Crippen molar-refractivity contribution < 1.29 is 8.42 Å². The van der Waals surface area contributed by atoms with Crippen LogP contribution in [0.25, 0.3) is 0 Å². The number of aromatic amines is 1. The molecule has 0 bridgehead atoms. The molecule has 1 unspecified atom stereocenters. The largest absolute Gasteiger partial charge is 0.282 e. The number of aromatic nitrogens is 2. The quantitative estimate of drug-likeness (QED) is 0.884. The summed E-state index contributed by atoms with van der Waals surface area (Å²) >= 11 is 0. The smallest absolute Gasteiger partial charge is 0.246 e. The number of hydrogen-bond donors (Lipinski definition) is 1. The van der Waals surface area contributed by atoms with Gasteiger partial charge in [0, 0.05) is 26.2 Å². The molecule has 2 heterocycles. The lowest BCUT2D eigenvalue weighted by Crippen LogP contribution is -2.49. The number of piperazine rings is 1. The molecule has 2 aromatic rings. The molecule has 26 heavy (non-hydrogen) atoms. The summed E-state index contributed by atoms with van der Waals surface area (Å²) in [5.41, 5.74) is 3.13. The first-order valence-electron chi connectivity index (χ1n) is 8.56. The average molecular weight is 373 g/mol. The molecule has 1 aromatic heterocycles.